The Morgan fingerprint density at radius 3 is 2.47 bits per heavy atom. The minimum absolute atomic E-state index is 0.314. The first kappa shape index (κ1) is 12.5. The maximum atomic E-state index is 6.05. The van der Waals surface area contributed by atoms with Crippen LogP contribution in [0.25, 0.3) is 11.1 Å². The van der Waals surface area contributed by atoms with Crippen molar-refractivity contribution in [1.82, 2.24) is 0 Å². The van der Waals surface area contributed by atoms with E-state index in [-0.39, 0.29) is 6.29 Å². The van der Waals surface area contributed by atoms with Gasteiger partial charge in [0, 0.05) is 21.8 Å². The number of hydrogen-bond donors (Lipinski definition) is 1. The topological polar surface area (TPSA) is 44.5 Å². The Bertz CT molecular complexity index is 594. The molecule has 1 fully saturated rings. The SMILES string of the molecule is Nc1cc(Cl)ccc1-c1ccccc1C1OCCO1. The van der Waals surface area contributed by atoms with Crippen LogP contribution >= 0.6 is 11.6 Å². The Labute approximate surface area is 116 Å². The van der Waals surface area contributed by atoms with Crippen molar-refractivity contribution in [3.05, 3.63) is 53.1 Å². The molecule has 3 nitrogen and oxygen atoms in total. The highest BCUT2D eigenvalue weighted by molar-refractivity contribution is 6.31. The summed E-state index contributed by atoms with van der Waals surface area (Å²) in [5.41, 5.74) is 9.66. The first-order chi connectivity index (χ1) is 9.25. The van der Waals surface area contributed by atoms with Gasteiger partial charge < -0.3 is 15.2 Å². The van der Waals surface area contributed by atoms with Crippen LogP contribution in [0.4, 0.5) is 5.69 Å². The molecular weight excluding hydrogens is 262 g/mol. The van der Waals surface area contributed by atoms with E-state index in [1.54, 1.807) is 6.07 Å². The molecule has 3 rings (SSSR count). The molecule has 0 saturated carbocycles. The van der Waals surface area contributed by atoms with E-state index in [0.717, 1.165) is 16.7 Å². The van der Waals surface area contributed by atoms with Gasteiger partial charge in [-0.3, -0.25) is 0 Å². The molecule has 0 aliphatic carbocycles. The summed E-state index contributed by atoms with van der Waals surface area (Å²) < 4.78 is 11.2. The fourth-order valence-corrected chi connectivity index (χ4v) is 2.45. The Balaban J connectivity index is 2.09. The molecule has 98 valence electrons. The lowest BCUT2D eigenvalue weighted by Crippen LogP contribution is -2.01. The molecule has 0 spiro atoms. The van der Waals surface area contributed by atoms with Gasteiger partial charge in [0.2, 0.25) is 0 Å². The lowest BCUT2D eigenvalue weighted by atomic mass is 9.98. The van der Waals surface area contributed by atoms with Crippen LogP contribution in [0.1, 0.15) is 11.9 Å². The monoisotopic (exact) mass is 275 g/mol. The summed E-state index contributed by atoms with van der Waals surface area (Å²) in [6, 6.07) is 13.5. The van der Waals surface area contributed by atoms with Crippen LogP contribution in [0.5, 0.6) is 0 Å². The predicted molar refractivity (Wildman–Crippen MR) is 75.9 cm³/mol. The summed E-state index contributed by atoms with van der Waals surface area (Å²) in [6.45, 7) is 1.24. The molecule has 0 aromatic heterocycles. The lowest BCUT2D eigenvalue weighted by Gasteiger charge is -2.16. The number of nitrogen functional groups attached to an aromatic ring is 1. The number of ether oxygens (including phenoxy) is 2. The number of hydrogen-bond acceptors (Lipinski definition) is 3. The summed E-state index contributed by atoms with van der Waals surface area (Å²) in [7, 11) is 0. The molecule has 0 amide bonds. The average Bonchev–Trinajstić information content (AvgIpc) is 2.93. The van der Waals surface area contributed by atoms with E-state index in [2.05, 4.69) is 0 Å². The second-order valence-corrected chi connectivity index (χ2v) is 4.83. The summed E-state index contributed by atoms with van der Waals surface area (Å²) >= 11 is 5.94. The molecule has 1 heterocycles. The van der Waals surface area contributed by atoms with Crippen LogP contribution in [-0.4, -0.2) is 13.2 Å². The molecule has 1 saturated heterocycles. The number of rotatable bonds is 2. The van der Waals surface area contributed by atoms with E-state index >= 15 is 0 Å². The Morgan fingerprint density at radius 1 is 1.00 bits per heavy atom. The zero-order valence-corrected chi connectivity index (χ0v) is 11.1. The first-order valence-electron chi connectivity index (χ1n) is 6.13. The highest BCUT2D eigenvalue weighted by Crippen LogP contribution is 2.36. The second kappa shape index (κ2) is 5.21. The van der Waals surface area contributed by atoms with E-state index in [4.69, 9.17) is 26.8 Å². The van der Waals surface area contributed by atoms with Gasteiger partial charge in [0.25, 0.3) is 0 Å². The average molecular weight is 276 g/mol. The highest BCUT2D eigenvalue weighted by atomic mass is 35.5. The van der Waals surface area contributed by atoms with E-state index in [1.165, 1.54) is 0 Å². The van der Waals surface area contributed by atoms with Crippen LogP contribution in [0.2, 0.25) is 5.02 Å². The number of nitrogens with two attached hydrogens (primary N) is 1. The first-order valence-corrected chi connectivity index (χ1v) is 6.51. The van der Waals surface area contributed by atoms with Crippen LogP contribution in [0.3, 0.4) is 0 Å². The minimum Gasteiger partial charge on any atom is -0.398 e. The van der Waals surface area contributed by atoms with Gasteiger partial charge in [-0.15, -0.1) is 0 Å². The van der Waals surface area contributed by atoms with Crippen molar-refractivity contribution >= 4 is 17.3 Å². The number of anilines is 1. The molecule has 2 aromatic rings. The van der Waals surface area contributed by atoms with Crippen molar-refractivity contribution in [3.63, 3.8) is 0 Å². The van der Waals surface area contributed by atoms with Gasteiger partial charge in [0.1, 0.15) is 0 Å². The second-order valence-electron chi connectivity index (χ2n) is 4.39. The summed E-state index contributed by atoms with van der Waals surface area (Å²) in [5.74, 6) is 0. The Hall–Kier alpha value is -1.55. The maximum absolute atomic E-state index is 6.05. The molecule has 1 aliphatic heterocycles. The van der Waals surface area contributed by atoms with Crippen LogP contribution in [0, 0.1) is 0 Å². The molecule has 0 bridgehead atoms. The van der Waals surface area contributed by atoms with Crippen LogP contribution in [0.15, 0.2) is 42.5 Å². The van der Waals surface area contributed by atoms with Gasteiger partial charge in [-0.25, -0.2) is 0 Å². The van der Waals surface area contributed by atoms with E-state index in [9.17, 15) is 0 Å². The van der Waals surface area contributed by atoms with Gasteiger partial charge in [0.15, 0.2) is 6.29 Å². The zero-order chi connectivity index (χ0) is 13.2. The number of halogens is 1. The molecule has 19 heavy (non-hydrogen) atoms. The fourth-order valence-electron chi connectivity index (χ4n) is 2.26. The fraction of sp³-hybridized carbons (Fsp3) is 0.200. The smallest absolute Gasteiger partial charge is 0.184 e. The van der Waals surface area contributed by atoms with E-state index in [0.29, 0.717) is 23.9 Å². The van der Waals surface area contributed by atoms with Gasteiger partial charge in [-0.1, -0.05) is 41.9 Å². The third-order valence-electron chi connectivity index (χ3n) is 3.14. The standard InChI is InChI=1S/C15H14ClNO2/c16-10-5-6-12(14(17)9-10)11-3-1-2-4-13(11)15-18-7-8-19-15/h1-6,9,15H,7-8,17H2. The quantitative estimate of drug-likeness (QED) is 0.851. The van der Waals surface area contributed by atoms with Crippen molar-refractivity contribution in [3.8, 4) is 11.1 Å². The Kier molecular flexibility index (Phi) is 3.42. The summed E-state index contributed by atoms with van der Waals surface area (Å²) in [5, 5.41) is 0.632. The van der Waals surface area contributed by atoms with Crippen LogP contribution < -0.4 is 5.73 Å². The van der Waals surface area contributed by atoms with Crippen molar-refractivity contribution in [2.75, 3.05) is 18.9 Å². The van der Waals surface area contributed by atoms with Crippen molar-refractivity contribution in [2.45, 2.75) is 6.29 Å². The summed E-state index contributed by atoms with van der Waals surface area (Å²) in [6.07, 6.45) is -0.314. The lowest BCUT2D eigenvalue weighted by molar-refractivity contribution is -0.0436. The minimum atomic E-state index is -0.314. The zero-order valence-electron chi connectivity index (χ0n) is 10.3. The van der Waals surface area contributed by atoms with Gasteiger partial charge in [-0.05, 0) is 17.7 Å². The molecule has 0 unspecified atom stereocenters. The Morgan fingerprint density at radius 2 is 1.74 bits per heavy atom. The van der Waals surface area contributed by atoms with E-state index in [1.807, 2.05) is 36.4 Å². The largest absolute Gasteiger partial charge is 0.398 e. The van der Waals surface area contributed by atoms with Crippen molar-refractivity contribution in [2.24, 2.45) is 0 Å². The molecule has 0 radical (unpaired) electrons. The molecule has 1 aliphatic rings. The van der Waals surface area contributed by atoms with Gasteiger partial charge >= 0.3 is 0 Å². The van der Waals surface area contributed by atoms with Crippen molar-refractivity contribution < 1.29 is 9.47 Å². The molecule has 4 heteroatoms. The van der Waals surface area contributed by atoms with E-state index < -0.39 is 0 Å². The normalized spacial score (nSPS) is 15.8. The molecular formula is C15H14ClNO2. The molecule has 2 N–H and O–H groups in total. The third-order valence-corrected chi connectivity index (χ3v) is 3.38. The highest BCUT2D eigenvalue weighted by Gasteiger charge is 2.22. The summed E-state index contributed by atoms with van der Waals surface area (Å²) in [4.78, 5) is 0. The molecule has 2 aromatic carbocycles. The molecule has 0 atom stereocenters. The van der Waals surface area contributed by atoms with Crippen molar-refractivity contribution in [1.29, 1.82) is 0 Å². The third kappa shape index (κ3) is 2.45. The van der Waals surface area contributed by atoms with Crippen LogP contribution in [-0.2, 0) is 9.47 Å². The number of benzene rings is 2. The maximum Gasteiger partial charge on any atom is 0.184 e. The predicted octanol–water partition coefficient (Wildman–Crippen LogP) is 3.63. The van der Waals surface area contributed by atoms with Gasteiger partial charge in [0.05, 0.1) is 13.2 Å². The van der Waals surface area contributed by atoms with Gasteiger partial charge in [-0.2, -0.15) is 0 Å².